The molecule has 1 heterocycles. The van der Waals surface area contributed by atoms with Gasteiger partial charge in [0.25, 0.3) is 5.91 Å². The quantitative estimate of drug-likeness (QED) is 0.481. The first-order valence-corrected chi connectivity index (χ1v) is 3.51. The molecule has 60 valence electrons. The summed E-state index contributed by atoms with van der Waals surface area (Å²) in [6, 6.07) is 0. The van der Waals surface area contributed by atoms with Crippen LogP contribution in [0.2, 0.25) is 0 Å². The molecule has 2 amide bonds. The standard InChI is InChI=1S/C8H11NO2/c1-5-4-7(10)9(3)8(11)6(5)2/h4H2,1-3H3. The summed E-state index contributed by atoms with van der Waals surface area (Å²) in [6.07, 6.45) is 0.383. The summed E-state index contributed by atoms with van der Waals surface area (Å²) >= 11 is 0. The molecule has 3 heteroatoms. The van der Waals surface area contributed by atoms with Gasteiger partial charge in [0.2, 0.25) is 5.91 Å². The summed E-state index contributed by atoms with van der Waals surface area (Å²) < 4.78 is 0. The molecule has 0 aromatic rings. The van der Waals surface area contributed by atoms with Gasteiger partial charge in [-0.15, -0.1) is 0 Å². The van der Waals surface area contributed by atoms with Gasteiger partial charge in [0.05, 0.1) is 0 Å². The lowest BCUT2D eigenvalue weighted by molar-refractivity contribution is -0.141. The van der Waals surface area contributed by atoms with E-state index in [1.807, 2.05) is 6.92 Å². The summed E-state index contributed by atoms with van der Waals surface area (Å²) in [7, 11) is 1.51. The Morgan fingerprint density at radius 1 is 1.27 bits per heavy atom. The van der Waals surface area contributed by atoms with E-state index in [0.29, 0.717) is 12.0 Å². The van der Waals surface area contributed by atoms with E-state index in [1.165, 1.54) is 11.9 Å². The van der Waals surface area contributed by atoms with E-state index < -0.39 is 0 Å². The van der Waals surface area contributed by atoms with Crippen LogP contribution in [0.4, 0.5) is 0 Å². The van der Waals surface area contributed by atoms with Crippen molar-refractivity contribution in [2.45, 2.75) is 20.3 Å². The van der Waals surface area contributed by atoms with Crippen molar-refractivity contribution in [2.24, 2.45) is 0 Å². The average Bonchev–Trinajstić information content (AvgIpc) is 1.97. The number of carbonyl (C=O) groups excluding carboxylic acids is 2. The Kier molecular flexibility index (Phi) is 1.81. The van der Waals surface area contributed by atoms with Crippen LogP contribution < -0.4 is 0 Å². The highest BCUT2D eigenvalue weighted by Gasteiger charge is 2.25. The fraction of sp³-hybridized carbons (Fsp3) is 0.500. The van der Waals surface area contributed by atoms with E-state index in [1.54, 1.807) is 6.92 Å². The van der Waals surface area contributed by atoms with Crippen molar-refractivity contribution < 1.29 is 9.59 Å². The van der Waals surface area contributed by atoms with Crippen LogP contribution in [0.15, 0.2) is 11.1 Å². The Hall–Kier alpha value is -1.12. The molecule has 0 N–H and O–H groups in total. The largest absolute Gasteiger partial charge is 0.282 e. The zero-order valence-corrected chi connectivity index (χ0v) is 6.97. The Morgan fingerprint density at radius 2 is 1.82 bits per heavy atom. The van der Waals surface area contributed by atoms with E-state index in [4.69, 9.17) is 0 Å². The molecule has 1 aliphatic heterocycles. The van der Waals surface area contributed by atoms with Gasteiger partial charge >= 0.3 is 0 Å². The molecule has 0 radical (unpaired) electrons. The van der Waals surface area contributed by atoms with Crippen LogP contribution in [-0.2, 0) is 9.59 Å². The molecule has 0 atom stereocenters. The van der Waals surface area contributed by atoms with E-state index in [-0.39, 0.29) is 11.8 Å². The van der Waals surface area contributed by atoms with E-state index in [9.17, 15) is 9.59 Å². The van der Waals surface area contributed by atoms with E-state index in [0.717, 1.165) is 5.57 Å². The van der Waals surface area contributed by atoms with Crippen molar-refractivity contribution in [3.05, 3.63) is 11.1 Å². The Labute approximate surface area is 65.7 Å². The van der Waals surface area contributed by atoms with E-state index in [2.05, 4.69) is 0 Å². The van der Waals surface area contributed by atoms with Gasteiger partial charge in [-0.1, -0.05) is 5.57 Å². The number of carbonyl (C=O) groups is 2. The van der Waals surface area contributed by atoms with Crippen LogP contribution >= 0.6 is 0 Å². The van der Waals surface area contributed by atoms with Gasteiger partial charge < -0.3 is 0 Å². The Balaban J connectivity index is 3.04. The summed E-state index contributed by atoms with van der Waals surface area (Å²) in [5, 5.41) is 0. The lowest BCUT2D eigenvalue weighted by atomic mass is 10.0. The number of hydrogen-bond donors (Lipinski definition) is 0. The van der Waals surface area contributed by atoms with Crippen LogP contribution in [0, 0.1) is 0 Å². The molecule has 0 bridgehead atoms. The smallest absolute Gasteiger partial charge is 0.255 e. The van der Waals surface area contributed by atoms with Crippen molar-refractivity contribution >= 4 is 11.8 Å². The molecule has 0 unspecified atom stereocenters. The summed E-state index contributed by atoms with van der Waals surface area (Å²) in [5.74, 6) is -0.281. The van der Waals surface area contributed by atoms with Gasteiger partial charge in [0, 0.05) is 19.0 Å². The van der Waals surface area contributed by atoms with Crippen LogP contribution in [0.3, 0.4) is 0 Å². The van der Waals surface area contributed by atoms with Crippen molar-refractivity contribution in [3.63, 3.8) is 0 Å². The lowest BCUT2D eigenvalue weighted by Gasteiger charge is -2.22. The minimum atomic E-state index is -0.168. The maximum Gasteiger partial charge on any atom is 0.255 e. The third kappa shape index (κ3) is 1.18. The summed E-state index contributed by atoms with van der Waals surface area (Å²) in [6.45, 7) is 3.57. The number of amides is 2. The highest BCUT2D eigenvalue weighted by Crippen LogP contribution is 2.17. The first kappa shape index (κ1) is 7.98. The molecule has 0 fully saturated rings. The topological polar surface area (TPSA) is 37.4 Å². The van der Waals surface area contributed by atoms with Crippen molar-refractivity contribution in [1.29, 1.82) is 0 Å². The average molecular weight is 153 g/mol. The second kappa shape index (κ2) is 2.49. The fourth-order valence-corrected chi connectivity index (χ4v) is 1.03. The molecule has 0 spiro atoms. The molecule has 0 saturated heterocycles. The van der Waals surface area contributed by atoms with Crippen molar-refractivity contribution in [2.75, 3.05) is 7.05 Å². The van der Waals surface area contributed by atoms with Crippen LogP contribution in [0.5, 0.6) is 0 Å². The van der Waals surface area contributed by atoms with Gasteiger partial charge in [0.1, 0.15) is 0 Å². The number of likely N-dealkylation sites (N-methyl/N-ethyl adjacent to an activating group) is 1. The van der Waals surface area contributed by atoms with Gasteiger partial charge in [-0.3, -0.25) is 14.5 Å². The van der Waals surface area contributed by atoms with Gasteiger partial charge in [-0.05, 0) is 13.8 Å². The molecule has 0 aromatic heterocycles. The third-order valence-electron chi connectivity index (χ3n) is 2.06. The number of imide groups is 1. The first-order chi connectivity index (χ1) is 5.04. The molecule has 0 aliphatic carbocycles. The van der Waals surface area contributed by atoms with Crippen molar-refractivity contribution in [1.82, 2.24) is 4.90 Å². The second-order valence-corrected chi connectivity index (χ2v) is 2.84. The molecule has 11 heavy (non-hydrogen) atoms. The fourth-order valence-electron chi connectivity index (χ4n) is 1.03. The summed E-state index contributed by atoms with van der Waals surface area (Å²) in [5.41, 5.74) is 1.59. The molecule has 3 nitrogen and oxygen atoms in total. The first-order valence-electron chi connectivity index (χ1n) is 3.51. The number of hydrogen-bond acceptors (Lipinski definition) is 2. The zero-order chi connectivity index (χ0) is 8.59. The van der Waals surface area contributed by atoms with Crippen LogP contribution in [0.1, 0.15) is 20.3 Å². The lowest BCUT2D eigenvalue weighted by Crippen LogP contribution is -2.37. The maximum absolute atomic E-state index is 11.2. The van der Waals surface area contributed by atoms with E-state index >= 15 is 0 Å². The summed E-state index contributed by atoms with van der Waals surface area (Å²) in [4.78, 5) is 23.4. The maximum atomic E-state index is 11.2. The molecular formula is C8H11NO2. The van der Waals surface area contributed by atoms with Crippen LogP contribution in [0.25, 0.3) is 0 Å². The highest BCUT2D eigenvalue weighted by molar-refractivity contribution is 6.07. The SMILES string of the molecule is CC1=C(C)C(=O)N(C)C(=O)C1. The Bertz CT molecular complexity index is 253. The predicted octanol–water partition coefficient (Wildman–Crippen LogP) is 0.712. The van der Waals surface area contributed by atoms with Gasteiger partial charge in [-0.25, -0.2) is 0 Å². The van der Waals surface area contributed by atoms with Gasteiger partial charge in [-0.2, -0.15) is 0 Å². The third-order valence-corrected chi connectivity index (χ3v) is 2.06. The number of nitrogens with zero attached hydrogens (tertiary/aromatic N) is 1. The molecule has 0 saturated carbocycles. The van der Waals surface area contributed by atoms with Crippen molar-refractivity contribution in [3.8, 4) is 0 Å². The monoisotopic (exact) mass is 153 g/mol. The number of rotatable bonds is 0. The normalized spacial score (nSPS) is 19.7. The molecule has 0 aromatic carbocycles. The Morgan fingerprint density at radius 3 is 2.36 bits per heavy atom. The van der Waals surface area contributed by atoms with Crippen LogP contribution in [-0.4, -0.2) is 23.8 Å². The molecule has 1 aliphatic rings. The molecular weight excluding hydrogens is 142 g/mol. The zero-order valence-electron chi connectivity index (χ0n) is 6.97. The highest BCUT2D eigenvalue weighted by atomic mass is 16.2. The molecule has 1 rings (SSSR count). The second-order valence-electron chi connectivity index (χ2n) is 2.84. The minimum Gasteiger partial charge on any atom is -0.282 e. The predicted molar refractivity (Wildman–Crippen MR) is 40.8 cm³/mol. The minimum absolute atomic E-state index is 0.113. The van der Waals surface area contributed by atoms with Gasteiger partial charge in [0.15, 0.2) is 0 Å².